The molecule has 0 radical (unpaired) electrons. The normalized spacial score (nSPS) is 16.8. The van der Waals surface area contributed by atoms with Crippen molar-refractivity contribution in [2.24, 2.45) is 5.92 Å². The van der Waals surface area contributed by atoms with Gasteiger partial charge in [-0.05, 0) is 92.0 Å². The monoisotopic (exact) mass is 797 g/mol. The fraction of sp³-hybridized carbons (Fsp3) is 0.467. The van der Waals surface area contributed by atoms with Crippen molar-refractivity contribution >= 4 is 80.1 Å². The molecule has 0 saturated heterocycles. The number of benzene rings is 1. The first-order valence-electron chi connectivity index (χ1n) is 20.2. The van der Waals surface area contributed by atoms with Crippen LogP contribution in [0.15, 0.2) is 54.6 Å². The highest BCUT2D eigenvalue weighted by Gasteiger charge is 2.52. The molecule has 2 aliphatic rings. The maximum absolute atomic E-state index is 14.2. The van der Waals surface area contributed by atoms with Crippen molar-refractivity contribution in [2.45, 2.75) is 124 Å². The lowest BCUT2D eigenvalue weighted by Gasteiger charge is -2.32. The van der Waals surface area contributed by atoms with E-state index < -0.39 is 8.07 Å². The van der Waals surface area contributed by atoms with E-state index in [1.165, 1.54) is 100 Å². The zero-order valence-corrected chi connectivity index (χ0v) is 36.5. The van der Waals surface area contributed by atoms with Crippen LogP contribution in [0.2, 0.25) is 6.04 Å². The number of nitrogens with zero attached hydrogens (tertiary/aromatic N) is 1. The zero-order valence-electron chi connectivity index (χ0n) is 32.3. The first kappa shape index (κ1) is 38.6. The molecule has 53 heavy (non-hydrogen) atoms. The lowest BCUT2D eigenvalue weighted by atomic mass is 10.0. The molecule has 4 aromatic heterocycles. The van der Waals surface area contributed by atoms with Gasteiger partial charge in [0.25, 0.3) is 11.8 Å². The van der Waals surface area contributed by atoms with Crippen molar-refractivity contribution in [3.05, 3.63) is 85.9 Å². The average Bonchev–Trinajstić information content (AvgIpc) is 4.01. The smallest absolute Gasteiger partial charge is 0.263 e. The van der Waals surface area contributed by atoms with E-state index in [2.05, 4.69) is 87.6 Å². The molecular formula is C45H55NO2S4Si. The summed E-state index contributed by atoms with van der Waals surface area (Å²) in [6.07, 6.45) is 15.5. The Morgan fingerprint density at radius 1 is 0.679 bits per heavy atom. The van der Waals surface area contributed by atoms with Crippen molar-refractivity contribution in [3.8, 4) is 19.5 Å². The van der Waals surface area contributed by atoms with E-state index in [1.54, 1.807) is 31.1 Å². The van der Waals surface area contributed by atoms with Gasteiger partial charge < -0.3 is 0 Å². The fourth-order valence-corrected chi connectivity index (χ4v) is 21.7. The topological polar surface area (TPSA) is 37.4 Å². The number of fused-ring (bicyclic) bond motifs is 4. The highest BCUT2D eigenvalue weighted by molar-refractivity contribution is 7.39. The van der Waals surface area contributed by atoms with Crippen LogP contribution in [0.25, 0.3) is 19.5 Å². The minimum absolute atomic E-state index is 0.0961. The molecule has 0 bridgehead atoms. The summed E-state index contributed by atoms with van der Waals surface area (Å²) in [5, 5.41) is 3.21. The van der Waals surface area contributed by atoms with Crippen LogP contribution >= 0.6 is 45.3 Å². The summed E-state index contributed by atoms with van der Waals surface area (Å²) in [5.41, 5.74) is 2.61. The summed E-state index contributed by atoms with van der Waals surface area (Å²) in [7, 11) is -2.35. The molecule has 0 spiro atoms. The molecule has 0 saturated carbocycles. The maximum atomic E-state index is 14.2. The van der Waals surface area contributed by atoms with Crippen LogP contribution < -0.4 is 14.9 Å². The van der Waals surface area contributed by atoms with Crippen LogP contribution in [-0.4, -0.2) is 31.3 Å². The van der Waals surface area contributed by atoms with E-state index in [-0.39, 0.29) is 11.8 Å². The van der Waals surface area contributed by atoms with Gasteiger partial charge in [-0.2, -0.15) is 0 Å². The Kier molecular flexibility index (Phi) is 12.4. The molecule has 3 nitrogen and oxygen atoms in total. The third-order valence-electron chi connectivity index (χ3n) is 11.6. The molecule has 0 fully saturated rings. The van der Waals surface area contributed by atoms with Gasteiger partial charge in [-0.25, -0.2) is 0 Å². The summed E-state index contributed by atoms with van der Waals surface area (Å²) in [4.78, 5) is 38.6. The summed E-state index contributed by atoms with van der Waals surface area (Å²) in [6.45, 7) is 11.8. The van der Waals surface area contributed by atoms with Gasteiger partial charge in [0, 0.05) is 40.3 Å². The van der Waals surface area contributed by atoms with Crippen molar-refractivity contribution in [3.63, 3.8) is 0 Å². The standard InChI is InChI=1S/C45H55NO2S4Si/c1-6-9-11-12-16-23-34-24-25-38(51-34)53(29-32(8-3)19-10-7-2)36-27-30(4)49-42(36)43-37(53)28-35(52-43)41-40-39(31(5)50-41)44(47)46(45(40)48)26-18-17-22-33-20-14-13-15-21-33/h13-15,20-21,24-25,27-28,32H,6-12,16-19,22-23,26,29H2,1-5H3. The van der Waals surface area contributed by atoms with Crippen LogP contribution in [0.3, 0.4) is 0 Å². The van der Waals surface area contributed by atoms with Gasteiger partial charge >= 0.3 is 0 Å². The van der Waals surface area contributed by atoms with Crippen LogP contribution in [0.5, 0.6) is 0 Å². The minimum atomic E-state index is -2.35. The second kappa shape index (κ2) is 17.0. The third-order valence-corrected chi connectivity index (χ3v) is 22.8. The Balaban J connectivity index is 1.24. The van der Waals surface area contributed by atoms with E-state index in [4.69, 9.17) is 0 Å². The summed E-state index contributed by atoms with van der Waals surface area (Å²) < 4.78 is 1.62. The predicted molar refractivity (Wildman–Crippen MR) is 235 cm³/mol. The van der Waals surface area contributed by atoms with Crippen molar-refractivity contribution in [2.75, 3.05) is 6.54 Å². The Labute approximate surface area is 334 Å². The van der Waals surface area contributed by atoms with E-state index in [1.807, 2.05) is 35.7 Å². The lowest BCUT2D eigenvalue weighted by molar-refractivity contribution is 0.0651. The fourth-order valence-electron chi connectivity index (χ4n) is 8.73. The Hall–Kier alpha value is -2.62. The molecule has 5 aromatic rings. The van der Waals surface area contributed by atoms with Gasteiger partial charge in [-0.3, -0.25) is 14.5 Å². The van der Waals surface area contributed by atoms with Crippen LogP contribution in [0.4, 0.5) is 0 Å². The molecule has 0 aliphatic carbocycles. The van der Waals surface area contributed by atoms with Crippen molar-refractivity contribution in [1.82, 2.24) is 4.90 Å². The molecule has 2 atom stereocenters. The van der Waals surface area contributed by atoms with Crippen LogP contribution in [-0.2, 0) is 12.8 Å². The first-order chi connectivity index (χ1) is 25.8. The summed E-state index contributed by atoms with van der Waals surface area (Å²) in [6, 6.07) is 21.8. The highest BCUT2D eigenvalue weighted by atomic mass is 32.1. The van der Waals surface area contributed by atoms with E-state index in [9.17, 15) is 9.59 Å². The number of imide groups is 1. The number of thiophene rings is 4. The number of hydrogen-bond donors (Lipinski definition) is 0. The van der Waals surface area contributed by atoms with Gasteiger partial charge in [-0.1, -0.05) is 109 Å². The highest BCUT2D eigenvalue weighted by Crippen LogP contribution is 2.49. The number of carbonyl (C=O) groups excluding carboxylic acids is 2. The summed E-state index contributed by atoms with van der Waals surface area (Å²) in [5.74, 6) is 0.490. The molecule has 8 heteroatoms. The molecule has 0 N–H and O–H groups in total. The van der Waals surface area contributed by atoms with E-state index >= 15 is 0 Å². The minimum Gasteiger partial charge on any atom is -0.274 e. The number of rotatable bonds is 19. The molecule has 2 unspecified atom stereocenters. The first-order valence-corrected chi connectivity index (χ1v) is 25.7. The second-order valence-corrected chi connectivity index (χ2v) is 24.3. The van der Waals surface area contributed by atoms with E-state index in [0.717, 1.165) is 29.0 Å². The van der Waals surface area contributed by atoms with Crippen LogP contribution in [0, 0.1) is 19.8 Å². The largest absolute Gasteiger partial charge is 0.274 e. The molecule has 7 rings (SSSR count). The lowest BCUT2D eigenvalue weighted by Crippen LogP contribution is -2.64. The number of hydrogen-bond acceptors (Lipinski definition) is 6. The third kappa shape index (κ3) is 7.52. The van der Waals surface area contributed by atoms with Gasteiger partial charge in [0.15, 0.2) is 8.07 Å². The van der Waals surface area contributed by atoms with Crippen molar-refractivity contribution in [1.29, 1.82) is 0 Å². The number of carbonyl (C=O) groups is 2. The Bertz CT molecular complexity index is 2050. The van der Waals surface area contributed by atoms with E-state index in [0.29, 0.717) is 23.6 Å². The van der Waals surface area contributed by atoms with Gasteiger partial charge in [0.2, 0.25) is 0 Å². The zero-order chi connectivity index (χ0) is 37.1. The quantitative estimate of drug-likeness (QED) is 0.0474. The molecule has 6 heterocycles. The van der Waals surface area contributed by atoms with Gasteiger partial charge in [-0.15, -0.1) is 45.3 Å². The molecular weight excluding hydrogens is 743 g/mol. The number of aryl methyl sites for hydroxylation is 4. The SMILES string of the molecule is CCCCCCCc1ccc([Si]2(CC(CC)CCCC)c3cc(C)sc3-c3sc(-c4sc(C)c5c4C(=O)N(CCCCc4ccccc4)C5=O)cc32)s1. The van der Waals surface area contributed by atoms with Gasteiger partial charge in [0.05, 0.1) is 16.0 Å². The average molecular weight is 798 g/mol. The second-order valence-electron chi connectivity index (χ2n) is 15.4. The molecule has 2 aliphatic heterocycles. The Morgan fingerprint density at radius 3 is 2.17 bits per heavy atom. The van der Waals surface area contributed by atoms with Gasteiger partial charge in [0.1, 0.15) is 0 Å². The maximum Gasteiger partial charge on any atom is 0.263 e. The molecule has 2 amide bonds. The molecule has 280 valence electrons. The molecule has 1 aromatic carbocycles. The summed E-state index contributed by atoms with van der Waals surface area (Å²) >= 11 is 7.63. The Morgan fingerprint density at radius 2 is 1.40 bits per heavy atom. The predicted octanol–water partition coefficient (Wildman–Crippen LogP) is 12.0. The number of unbranched alkanes of at least 4 members (excludes halogenated alkanes) is 6. The van der Waals surface area contributed by atoms with Crippen molar-refractivity contribution < 1.29 is 9.59 Å². The van der Waals surface area contributed by atoms with Crippen LogP contribution in [0.1, 0.15) is 132 Å². The number of amides is 2.